The SMILES string of the molecule is CC(C)[C@@H]1NC(=O)C(C)(C)COc2ccc3ccc(nc3c2)[C@@H](C)NC(=O)[C@@H]2CCCN(N2)C(=O)[C@H](C)NC1=O.CC(C)[C@@H]1NC(=O)C(C)(C)COc2ccc3ccc(nc3c2)[C@@H](C)NC(=O)[C@H]2CCCN(N2)C(=O)[C@H](C)NC1=O.CC(C)[C@@H]1NC(=O)C(C)(C)COc2ccc3ccc(nc3c2)[C@@H](C)OC(=O)[C@H]2CCCN(N2)C(=O)[C@H](C)NC1=O. The van der Waals surface area contributed by atoms with Gasteiger partial charge in [-0.3, -0.25) is 82.5 Å². The van der Waals surface area contributed by atoms with Gasteiger partial charge in [-0.05, 0) is 194 Å². The van der Waals surface area contributed by atoms with Crippen LogP contribution in [0.3, 0.4) is 0 Å². The van der Waals surface area contributed by atoms with Crippen LogP contribution in [0.15, 0.2) is 91.0 Å². The van der Waals surface area contributed by atoms with Crippen molar-refractivity contribution in [3.8, 4) is 17.2 Å². The van der Waals surface area contributed by atoms with Crippen molar-refractivity contribution >= 4 is 104 Å². The Labute approximate surface area is 700 Å². The van der Waals surface area contributed by atoms with E-state index in [4.69, 9.17) is 28.9 Å². The van der Waals surface area contributed by atoms with Gasteiger partial charge in [0.25, 0.3) is 17.7 Å². The molecule has 3 saturated heterocycles. The van der Waals surface area contributed by atoms with Crippen LogP contribution in [-0.4, -0.2) is 195 Å². The van der Waals surface area contributed by atoms with Crippen LogP contribution in [0.1, 0.15) is 198 Å². The van der Waals surface area contributed by atoms with Crippen molar-refractivity contribution < 1.29 is 76.5 Å². The first-order valence-electron chi connectivity index (χ1n) is 41.5. The molecular formula is C87H119N17O16. The zero-order chi connectivity index (χ0) is 87.6. The fraction of sp³-hybridized carbons (Fsp3) is 0.552. The minimum atomic E-state index is -0.965. The number of hydrogen-bond acceptors (Lipinski definition) is 22. The van der Waals surface area contributed by atoms with E-state index < -0.39 is 106 Å². The van der Waals surface area contributed by atoms with Gasteiger partial charge in [0.2, 0.25) is 47.3 Å². The van der Waals surface area contributed by atoms with Gasteiger partial charge in [-0.1, -0.05) is 59.7 Å². The summed E-state index contributed by atoms with van der Waals surface area (Å²) >= 11 is 0. The number of pyridine rings is 3. The molecule has 9 heterocycles. The fourth-order valence-corrected chi connectivity index (χ4v) is 14.2. The molecule has 0 unspecified atom stereocenters. The second-order valence-electron chi connectivity index (χ2n) is 35.0. The summed E-state index contributed by atoms with van der Waals surface area (Å²) in [5.41, 5.74) is 10.1. The average Bonchev–Trinajstić information content (AvgIpc) is 0.912. The number of carbonyl (C=O) groups is 12. The quantitative estimate of drug-likeness (QED) is 0.0860. The Morgan fingerprint density at radius 1 is 0.350 bits per heavy atom. The van der Waals surface area contributed by atoms with Crippen LogP contribution >= 0.6 is 0 Å². The Bertz CT molecular complexity index is 4350. The lowest BCUT2D eigenvalue weighted by Crippen LogP contribution is -2.62. The maximum atomic E-state index is 13.3. The van der Waals surface area contributed by atoms with Crippen LogP contribution < -0.4 is 73.0 Å². The summed E-state index contributed by atoms with van der Waals surface area (Å²) in [6.07, 6.45) is 2.84. The van der Waals surface area contributed by atoms with E-state index in [0.29, 0.717) is 109 Å². The topological polar surface area (TPSA) is 422 Å². The predicted molar refractivity (Wildman–Crippen MR) is 447 cm³/mol. The first kappa shape index (κ1) is 91.1. The molecule has 120 heavy (non-hydrogen) atoms. The second-order valence-corrected chi connectivity index (χ2v) is 35.0. The lowest BCUT2D eigenvalue weighted by molar-refractivity contribution is -0.157. The lowest BCUT2D eigenvalue weighted by atomic mass is 9.92. The molecular weight excluding hydrogens is 1540 g/mol. The van der Waals surface area contributed by atoms with Crippen molar-refractivity contribution in [1.82, 2.24) is 88.8 Å². The molecule has 3 fully saturated rings. The van der Waals surface area contributed by atoms with Crippen molar-refractivity contribution in [1.29, 1.82) is 0 Å². The Hall–Kier alpha value is -11.2. The third kappa shape index (κ3) is 22.8. The van der Waals surface area contributed by atoms with Gasteiger partial charge in [-0.25, -0.2) is 21.3 Å². The molecule has 0 aliphatic carbocycles. The van der Waals surface area contributed by atoms with Gasteiger partial charge in [0.1, 0.15) is 97.5 Å². The number of rotatable bonds is 3. The van der Waals surface area contributed by atoms with E-state index in [9.17, 15) is 57.5 Å². The highest BCUT2D eigenvalue weighted by Gasteiger charge is 2.42. The molecule has 11 amide bonds. The molecule has 3 aromatic heterocycles. The molecule has 6 aromatic rings. The standard InChI is InChI=1S/2C29H40N6O5.C29H39N5O6/c2*1-16(2)24-26(37)31-18(4)27(38)35-13-7-8-22(34-35)25(36)30-17(3)21-12-10-19-9-11-20(14-23(19)32-21)40-15-29(5,6)28(39)33-24;1-16(2)24-25(35)30-17(3)26(36)34-13-7-8-22(33-34)27(37)40-18(4)21-12-10-19-9-11-20(14-23(19)31-21)39-15-29(5,6)28(38)32-24/h2*9-12,14,16-18,22,24,34H,7-8,13,15H2,1-6H3,(H,30,36)(H,31,37)(H,33,39);9-12,14,16-18,22,24,33H,7-8,13,15H2,1-6H3,(H,30,35)(H,32,38)/t17-,18+,22+,24+;17-,18+,22-,24+;17-,18+,22+,24-/m110/s1. The molecule has 33 nitrogen and oxygen atoms in total. The summed E-state index contributed by atoms with van der Waals surface area (Å²) in [6, 6.07) is 19.9. The number of benzene rings is 3. The first-order chi connectivity index (χ1) is 56.6. The Morgan fingerprint density at radius 2 is 0.625 bits per heavy atom. The molecule has 6 aliphatic heterocycles. The molecule has 12 atom stereocenters. The van der Waals surface area contributed by atoms with E-state index in [1.165, 1.54) is 15.0 Å². The maximum absolute atomic E-state index is 13.3. The summed E-state index contributed by atoms with van der Waals surface area (Å²) in [4.78, 5) is 172. The molecule has 648 valence electrons. The Balaban J connectivity index is 0.000000189. The third-order valence-corrected chi connectivity index (χ3v) is 22.2. The number of cyclic esters (lactones) is 1. The summed E-state index contributed by atoms with van der Waals surface area (Å²) in [5.74, 6) is -3.55. The molecule has 12 rings (SSSR count). The van der Waals surface area contributed by atoms with Crippen molar-refractivity contribution in [2.45, 2.75) is 236 Å². The number of ether oxygens (including phenoxy) is 4. The molecule has 15 bridgehead atoms. The van der Waals surface area contributed by atoms with E-state index in [2.05, 4.69) is 63.8 Å². The number of hydrazine groups is 3. The minimum Gasteiger partial charge on any atom is -0.492 e. The largest absolute Gasteiger partial charge is 0.492 e. The average molecular weight is 1660 g/mol. The van der Waals surface area contributed by atoms with Crippen molar-refractivity contribution in [2.24, 2.45) is 34.0 Å². The number of esters is 1. The van der Waals surface area contributed by atoms with E-state index in [1.54, 1.807) is 81.4 Å². The van der Waals surface area contributed by atoms with Gasteiger partial charge in [0.15, 0.2) is 0 Å². The first-order valence-corrected chi connectivity index (χ1v) is 41.5. The molecule has 0 spiro atoms. The minimum absolute atomic E-state index is 0.0569. The zero-order valence-corrected chi connectivity index (χ0v) is 72.0. The van der Waals surface area contributed by atoms with Crippen LogP contribution in [0.2, 0.25) is 0 Å². The van der Waals surface area contributed by atoms with Crippen molar-refractivity contribution in [3.05, 3.63) is 108 Å². The summed E-state index contributed by atoms with van der Waals surface area (Å²) in [7, 11) is 0. The van der Waals surface area contributed by atoms with E-state index in [0.717, 1.165) is 16.2 Å². The summed E-state index contributed by atoms with van der Waals surface area (Å²) in [5, 5.41) is 29.6. The monoisotopic (exact) mass is 1660 g/mol. The van der Waals surface area contributed by atoms with Gasteiger partial charge in [0.05, 0.1) is 62.0 Å². The smallest absolute Gasteiger partial charge is 0.325 e. The predicted octanol–water partition coefficient (Wildman–Crippen LogP) is 6.34. The van der Waals surface area contributed by atoms with Gasteiger partial charge >= 0.3 is 5.97 Å². The van der Waals surface area contributed by atoms with Gasteiger partial charge in [-0.15, -0.1) is 0 Å². The molecule has 6 aliphatic rings. The van der Waals surface area contributed by atoms with Crippen molar-refractivity contribution in [3.63, 3.8) is 0 Å². The number of aromatic nitrogens is 3. The summed E-state index contributed by atoms with van der Waals surface area (Å²) < 4.78 is 23.7. The number of nitrogens with zero attached hydrogens (tertiary/aromatic N) is 6. The van der Waals surface area contributed by atoms with Crippen LogP contribution in [0.4, 0.5) is 0 Å². The highest BCUT2D eigenvalue weighted by atomic mass is 16.5. The number of fused-ring (bicyclic) bond motifs is 12. The van der Waals surface area contributed by atoms with Gasteiger partial charge < -0.3 is 61.5 Å². The summed E-state index contributed by atoms with van der Waals surface area (Å²) in [6.45, 7) is 33.1. The van der Waals surface area contributed by atoms with Crippen LogP contribution in [0, 0.1) is 34.0 Å². The number of hydrogen-bond donors (Lipinski definition) is 11. The van der Waals surface area contributed by atoms with Gasteiger partial charge in [-0.2, -0.15) is 0 Å². The maximum Gasteiger partial charge on any atom is 0.325 e. The zero-order valence-electron chi connectivity index (χ0n) is 72.0. The molecule has 11 N–H and O–H groups in total. The van der Waals surface area contributed by atoms with E-state index in [1.807, 2.05) is 134 Å². The number of carbonyl (C=O) groups excluding carboxylic acids is 12. The Kier molecular flexibility index (Phi) is 29.5. The second kappa shape index (κ2) is 38.9. The highest BCUT2D eigenvalue weighted by Crippen LogP contribution is 2.31. The highest BCUT2D eigenvalue weighted by molar-refractivity contribution is 5.96. The van der Waals surface area contributed by atoms with E-state index in [-0.39, 0.29) is 91.0 Å². The normalized spacial score (nSPS) is 26.6. The Morgan fingerprint density at radius 3 is 0.942 bits per heavy atom. The van der Waals surface area contributed by atoms with Crippen molar-refractivity contribution in [2.75, 3.05) is 39.5 Å². The number of nitrogens with one attached hydrogen (secondary N) is 11. The molecule has 3 aromatic carbocycles. The third-order valence-electron chi connectivity index (χ3n) is 22.2. The van der Waals surface area contributed by atoms with E-state index >= 15 is 0 Å². The fourth-order valence-electron chi connectivity index (χ4n) is 14.2. The molecule has 0 radical (unpaired) electrons. The number of amides is 11. The molecule has 0 saturated carbocycles. The van der Waals surface area contributed by atoms with Crippen LogP contribution in [-0.2, 0) is 62.3 Å². The molecule has 33 heteroatoms. The van der Waals surface area contributed by atoms with Crippen LogP contribution in [0.25, 0.3) is 32.7 Å². The van der Waals surface area contributed by atoms with Gasteiger partial charge in [0, 0.05) is 54.0 Å². The van der Waals surface area contributed by atoms with Crippen LogP contribution in [0.5, 0.6) is 17.2 Å². The lowest BCUT2D eigenvalue weighted by Gasteiger charge is -2.35.